The van der Waals surface area contributed by atoms with E-state index in [1.807, 2.05) is 0 Å². The van der Waals surface area contributed by atoms with Crippen molar-refractivity contribution < 1.29 is 28.6 Å². The summed E-state index contributed by atoms with van der Waals surface area (Å²) in [7, 11) is 0. The molecule has 0 aliphatic carbocycles. The van der Waals surface area contributed by atoms with E-state index in [1.165, 1.54) is 122 Å². The number of ether oxygens (including phenoxy) is 3. The Hall–Kier alpha value is -3.67. The Balaban J connectivity index is 4.49. The largest absolute Gasteiger partial charge is 0.462 e. The van der Waals surface area contributed by atoms with Crippen molar-refractivity contribution >= 4 is 17.9 Å². The van der Waals surface area contributed by atoms with Crippen LogP contribution in [-0.2, 0) is 28.6 Å². The van der Waals surface area contributed by atoms with Gasteiger partial charge >= 0.3 is 17.9 Å². The fraction of sp³-hybridized carbons (Fsp3) is 0.698. The molecule has 0 saturated carbocycles. The lowest BCUT2D eigenvalue weighted by atomic mass is 10.1. The number of allylic oxidation sites excluding steroid dienone is 16. The smallest absolute Gasteiger partial charge is 0.306 e. The van der Waals surface area contributed by atoms with Crippen molar-refractivity contribution in [2.75, 3.05) is 13.2 Å². The first-order valence-corrected chi connectivity index (χ1v) is 28.7. The molecule has 394 valence electrons. The number of hydrogen-bond acceptors (Lipinski definition) is 6. The van der Waals surface area contributed by atoms with Crippen LogP contribution in [0.15, 0.2) is 97.2 Å². The SMILES string of the molecule is CCCCC/C=C\C/C=C\C/C=C\C/C=C\CCCC(=O)OC[C@H](COC(=O)CCCCCCC/C=C\C/C=C\CCCCC)OC(=O)CCCCCCCCCCC/C=C\C/C=C\CCCCC. The van der Waals surface area contributed by atoms with E-state index in [9.17, 15) is 14.4 Å². The maximum Gasteiger partial charge on any atom is 0.306 e. The second-order valence-electron chi connectivity index (χ2n) is 18.8. The minimum Gasteiger partial charge on any atom is -0.462 e. The summed E-state index contributed by atoms with van der Waals surface area (Å²) >= 11 is 0. The van der Waals surface area contributed by atoms with Gasteiger partial charge in [-0.05, 0) is 122 Å². The van der Waals surface area contributed by atoms with Crippen LogP contribution in [0.1, 0.15) is 265 Å². The van der Waals surface area contributed by atoms with Gasteiger partial charge in [0.05, 0.1) is 0 Å². The van der Waals surface area contributed by atoms with Crippen molar-refractivity contribution in [2.24, 2.45) is 0 Å². The van der Waals surface area contributed by atoms with Crippen LogP contribution >= 0.6 is 0 Å². The first-order chi connectivity index (χ1) is 34.0. The lowest BCUT2D eigenvalue weighted by Crippen LogP contribution is -2.30. The molecule has 0 spiro atoms. The Kier molecular flexibility index (Phi) is 53.9. The fourth-order valence-electron chi connectivity index (χ4n) is 7.67. The first kappa shape index (κ1) is 65.3. The van der Waals surface area contributed by atoms with Gasteiger partial charge in [-0.2, -0.15) is 0 Å². The van der Waals surface area contributed by atoms with Crippen molar-refractivity contribution in [3.63, 3.8) is 0 Å². The summed E-state index contributed by atoms with van der Waals surface area (Å²) in [5, 5.41) is 0. The van der Waals surface area contributed by atoms with Gasteiger partial charge < -0.3 is 14.2 Å². The Morgan fingerprint density at radius 3 is 0.870 bits per heavy atom. The maximum atomic E-state index is 12.9. The van der Waals surface area contributed by atoms with Crippen LogP contribution in [0, 0.1) is 0 Å². The van der Waals surface area contributed by atoms with Crippen LogP contribution in [0.5, 0.6) is 0 Å². The van der Waals surface area contributed by atoms with Crippen LogP contribution in [0.4, 0.5) is 0 Å². The number of esters is 3. The summed E-state index contributed by atoms with van der Waals surface area (Å²) in [5.41, 5.74) is 0. The zero-order valence-corrected chi connectivity index (χ0v) is 45.0. The van der Waals surface area contributed by atoms with Crippen LogP contribution < -0.4 is 0 Å². The van der Waals surface area contributed by atoms with E-state index in [1.54, 1.807) is 0 Å². The van der Waals surface area contributed by atoms with Crippen molar-refractivity contribution in [1.29, 1.82) is 0 Å². The molecular weight excluding hydrogens is 853 g/mol. The third kappa shape index (κ3) is 55.1. The average molecular weight is 960 g/mol. The molecule has 0 fully saturated rings. The Morgan fingerprint density at radius 2 is 0.536 bits per heavy atom. The molecule has 0 aromatic heterocycles. The van der Waals surface area contributed by atoms with Gasteiger partial charge in [-0.3, -0.25) is 14.4 Å². The van der Waals surface area contributed by atoms with E-state index >= 15 is 0 Å². The highest BCUT2D eigenvalue weighted by molar-refractivity contribution is 5.71. The van der Waals surface area contributed by atoms with Crippen molar-refractivity contribution in [3.8, 4) is 0 Å². The van der Waals surface area contributed by atoms with Gasteiger partial charge in [0.25, 0.3) is 0 Å². The lowest BCUT2D eigenvalue weighted by molar-refractivity contribution is -0.167. The summed E-state index contributed by atoms with van der Waals surface area (Å²) in [6, 6.07) is 0. The third-order valence-corrected chi connectivity index (χ3v) is 12.0. The van der Waals surface area contributed by atoms with Gasteiger partial charge in [0.1, 0.15) is 13.2 Å². The van der Waals surface area contributed by atoms with E-state index in [4.69, 9.17) is 14.2 Å². The van der Waals surface area contributed by atoms with Crippen LogP contribution in [0.2, 0.25) is 0 Å². The Labute approximate surface area is 426 Å². The number of carbonyl (C=O) groups excluding carboxylic acids is 3. The molecule has 0 bridgehead atoms. The van der Waals surface area contributed by atoms with E-state index in [0.29, 0.717) is 19.3 Å². The Bertz CT molecular complexity index is 1380. The second kappa shape index (κ2) is 56.9. The number of carbonyl (C=O) groups is 3. The lowest BCUT2D eigenvalue weighted by Gasteiger charge is -2.18. The van der Waals surface area contributed by atoms with Crippen molar-refractivity contribution in [1.82, 2.24) is 0 Å². The minimum absolute atomic E-state index is 0.104. The van der Waals surface area contributed by atoms with Gasteiger partial charge in [-0.1, -0.05) is 221 Å². The first-order valence-electron chi connectivity index (χ1n) is 28.7. The number of unbranched alkanes of at least 4 members (excludes halogenated alkanes) is 24. The highest BCUT2D eigenvalue weighted by atomic mass is 16.6. The van der Waals surface area contributed by atoms with Gasteiger partial charge in [-0.25, -0.2) is 0 Å². The predicted octanol–water partition coefficient (Wildman–Crippen LogP) is 19.3. The molecule has 0 aliphatic rings. The topological polar surface area (TPSA) is 78.9 Å². The second-order valence-corrected chi connectivity index (χ2v) is 18.8. The quantitative estimate of drug-likeness (QED) is 0.0262. The molecule has 0 rings (SSSR count). The van der Waals surface area contributed by atoms with Crippen LogP contribution in [0.3, 0.4) is 0 Å². The molecule has 1 atom stereocenters. The van der Waals surface area contributed by atoms with Crippen LogP contribution in [-0.4, -0.2) is 37.2 Å². The predicted molar refractivity (Wildman–Crippen MR) is 297 cm³/mol. The van der Waals surface area contributed by atoms with E-state index < -0.39 is 6.10 Å². The summed E-state index contributed by atoms with van der Waals surface area (Å²) in [6.07, 6.45) is 75.4. The van der Waals surface area contributed by atoms with Crippen molar-refractivity contribution in [3.05, 3.63) is 97.2 Å². The molecule has 0 unspecified atom stereocenters. The molecule has 0 radical (unpaired) electrons. The summed E-state index contributed by atoms with van der Waals surface area (Å²) in [5.74, 6) is -0.976. The van der Waals surface area contributed by atoms with Gasteiger partial charge in [0.2, 0.25) is 0 Å². The summed E-state index contributed by atoms with van der Waals surface area (Å²) < 4.78 is 16.8. The third-order valence-electron chi connectivity index (χ3n) is 12.0. The number of rotatable bonds is 51. The molecular formula is C63H106O6. The molecule has 6 heteroatoms. The zero-order chi connectivity index (χ0) is 50.0. The minimum atomic E-state index is -0.809. The van der Waals surface area contributed by atoms with E-state index in [-0.39, 0.29) is 37.5 Å². The molecule has 0 aromatic rings. The molecule has 0 amide bonds. The standard InChI is InChI=1S/C63H106O6/c1-4-7-10-13-16-19-22-25-28-30-31-33-36-39-42-45-48-51-54-57-63(66)69-60(58-67-61(64)55-52-49-46-43-40-37-34-27-24-21-18-15-12-9-6-3)59-68-62(65)56-53-50-47-44-41-38-35-32-29-26-23-20-17-14-11-8-5-2/h16-21,25-29,34-35,38,44,47,60H,4-15,22-24,30-33,36-37,39-43,45-46,48-59H2,1-3H3/b19-16-,20-17-,21-18-,28-25-,29-26-,34-27-,38-35-,47-44-/t60-/m0/s1. The fourth-order valence-corrected chi connectivity index (χ4v) is 7.67. The summed E-state index contributed by atoms with van der Waals surface area (Å²) in [6.45, 7) is 6.50. The van der Waals surface area contributed by atoms with Crippen LogP contribution in [0.25, 0.3) is 0 Å². The van der Waals surface area contributed by atoms with Gasteiger partial charge in [0, 0.05) is 19.3 Å². The monoisotopic (exact) mass is 959 g/mol. The summed E-state index contributed by atoms with van der Waals surface area (Å²) in [4.78, 5) is 38.1. The molecule has 0 aliphatic heterocycles. The van der Waals surface area contributed by atoms with Gasteiger partial charge in [0.15, 0.2) is 6.10 Å². The Morgan fingerprint density at radius 1 is 0.290 bits per heavy atom. The molecule has 0 saturated heterocycles. The zero-order valence-electron chi connectivity index (χ0n) is 45.0. The molecule has 0 N–H and O–H groups in total. The average Bonchev–Trinajstić information content (AvgIpc) is 3.35. The number of hydrogen-bond donors (Lipinski definition) is 0. The normalized spacial score (nSPS) is 12.8. The maximum absolute atomic E-state index is 12.9. The van der Waals surface area contributed by atoms with Gasteiger partial charge in [-0.15, -0.1) is 0 Å². The molecule has 6 nitrogen and oxygen atoms in total. The highest BCUT2D eigenvalue weighted by Crippen LogP contribution is 2.14. The van der Waals surface area contributed by atoms with E-state index in [0.717, 1.165) is 96.3 Å². The van der Waals surface area contributed by atoms with Crippen molar-refractivity contribution in [2.45, 2.75) is 271 Å². The van der Waals surface area contributed by atoms with E-state index in [2.05, 4.69) is 118 Å². The molecule has 0 aromatic carbocycles. The molecule has 0 heterocycles. The molecule has 69 heavy (non-hydrogen) atoms. The highest BCUT2D eigenvalue weighted by Gasteiger charge is 2.19.